The molecule has 0 heterocycles. The fraction of sp³-hybridized carbons (Fsp3) is 0. The number of hydrogen-bond donors (Lipinski definition) is 2. The summed E-state index contributed by atoms with van der Waals surface area (Å²) in [5, 5.41) is 2.37. The molecule has 0 amide bonds. The molecule has 0 aromatic heterocycles. The molecule has 0 aliphatic carbocycles. The fourth-order valence-corrected chi connectivity index (χ4v) is 2.00. The molecule has 2 aromatic rings. The lowest BCUT2D eigenvalue weighted by Gasteiger charge is -1.99. The lowest BCUT2D eigenvalue weighted by Crippen LogP contribution is -1.85. The smallest absolute Gasteiger partial charge is 0.0651 e. The molecule has 7 heteroatoms. The van der Waals surface area contributed by atoms with Gasteiger partial charge in [0, 0.05) is 5.02 Å². The van der Waals surface area contributed by atoms with E-state index in [1.54, 1.807) is 18.2 Å². The van der Waals surface area contributed by atoms with E-state index >= 15 is 0 Å². The van der Waals surface area contributed by atoms with Gasteiger partial charge in [-0.05, 0) is 30.3 Å². The van der Waals surface area contributed by atoms with Gasteiger partial charge in [-0.25, -0.2) is 0 Å². The molecule has 4 N–H and O–H groups in total. The number of nitrogen functional groups attached to an aromatic ring is 2. The molecule has 0 saturated carbocycles. The lowest BCUT2D eigenvalue weighted by atomic mass is 10.3. The molecule has 0 aliphatic rings. The Balaban J connectivity index is 0.000000191. The second-order valence-electron chi connectivity index (χ2n) is 3.45. The van der Waals surface area contributed by atoms with Crippen molar-refractivity contribution in [1.82, 2.24) is 0 Å². The highest BCUT2D eigenvalue weighted by Gasteiger charge is 2.01. The standard InChI is InChI=1S/C6H4Cl3N.C6H5Cl2N/c7-3-1-5(9)6(10)2-4(3)8;7-4-1-2-6(9)5(8)3-4/h1-2H,10H2;1-3H,9H2. The predicted molar refractivity (Wildman–Crippen MR) is 86.8 cm³/mol. The van der Waals surface area contributed by atoms with E-state index in [0.717, 1.165) is 0 Å². The molecule has 2 rings (SSSR count). The molecule has 0 bridgehead atoms. The van der Waals surface area contributed by atoms with E-state index < -0.39 is 0 Å². The number of halogens is 5. The van der Waals surface area contributed by atoms with Crippen molar-refractivity contribution in [3.63, 3.8) is 0 Å². The van der Waals surface area contributed by atoms with Crippen molar-refractivity contribution in [3.8, 4) is 0 Å². The van der Waals surface area contributed by atoms with Crippen LogP contribution in [-0.2, 0) is 0 Å². The predicted octanol–water partition coefficient (Wildman–Crippen LogP) is 5.80. The highest BCUT2D eigenvalue weighted by molar-refractivity contribution is 6.44. The van der Waals surface area contributed by atoms with Crippen molar-refractivity contribution in [2.24, 2.45) is 0 Å². The van der Waals surface area contributed by atoms with Crippen molar-refractivity contribution >= 4 is 69.4 Å². The first-order valence-electron chi connectivity index (χ1n) is 4.91. The fourth-order valence-electron chi connectivity index (χ4n) is 1.04. The molecule has 0 fully saturated rings. The quantitative estimate of drug-likeness (QED) is 0.461. The van der Waals surface area contributed by atoms with Crippen molar-refractivity contribution in [2.45, 2.75) is 0 Å². The van der Waals surface area contributed by atoms with Gasteiger partial charge in [0.15, 0.2) is 0 Å². The lowest BCUT2D eigenvalue weighted by molar-refractivity contribution is 1.68. The minimum Gasteiger partial charge on any atom is -0.398 e. The summed E-state index contributed by atoms with van der Waals surface area (Å²) in [7, 11) is 0. The van der Waals surface area contributed by atoms with Crippen LogP contribution in [0.3, 0.4) is 0 Å². The van der Waals surface area contributed by atoms with Crippen LogP contribution in [0.4, 0.5) is 11.4 Å². The van der Waals surface area contributed by atoms with E-state index in [2.05, 4.69) is 0 Å². The van der Waals surface area contributed by atoms with Gasteiger partial charge in [0.05, 0.1) is 31.5 Å². The van der Waals surface area contributed by atoms with Crippen molar-refractivity contribution in [2.75, 3.05) is 11.5 Å². The molecule has 0 saturated heterocycles. The Morgan fingerprint density at radius 2 is 1.11 bits per heavy atom. The Morgan fingerprint density at radius 1 is 0.579 bits per heavy atom. The van der Waals surface area contributed by atoms with Crippen molar-refractivity contribution < 1.29 is 0 Å². The zero-order chi connectivity index (χ0) is 14.6. The Hall–Kier alpha value is -0.510. The largest absolute Gasteiger partial charge is 0.398 e. The zero-order valence-electron chi connectivity index (χ0n) is 9.43. The van der Waals surface area contributed by atoms with Crippen molar-refractivity contribution in [1.29, 1.82) is 0 Å². The van der Waals surface area contributed by atoms with E-state index in [4.69, 9.17) is 69.5 Å². The van der Waals surface area contributed by atoms with Gasteiger partial charge in [-0.15, -0.1) is 0 Å². The summed E-state index contributed by atoms with van der Waals surface area (Å²) in [5.41, 5.74) is 11.8. The summed E-state index contributed by atoms with van der Waals surface area (Å²) in [4.78, 5) is 0. The first-order chi connectivity index (χ1) is 8.81. The molecule has 0 radical (unpaired) electrons. The van der Waals surface area contributed by atoms with Crippen molar-refractivity contribution in [3.05, 3.63) is 55.4 Å². The summed E-state index contributed by atoms with van der Waals surface area (Å²) in [6, 6.07) is 8.01. The van der Waals surface area contributed by atoms with E-state index in [9.17, 15) is 0 Å². The van der Waals surface area contributed by atoms with Gasteiger partial charge in [0.2, 0.25) is 0 Å². The Bertz CT molecular complexity index is 536. The van der Waals surface area contributed by atoms with E-state index in [0.29, 0.717) is 36.5 Å². The molecule has 2 nitrogen and oxygen atoms in total. The molecule has 0 unspecified atom stereocenters. The minimum atomic E-state index is 0.417. The monoisotopic (exact) mass is 356 g/mol. The van der Waals surface area contributed by atoms with Crippen LogP contribution in [0.5, 0.6) is 0 Å². The maximum Gasteiger partial charge on any atom is 0.0651 e. The zero-order valence-corrected chi connectivity index (χ0v) is 13.2. The number of rotatable bonds is 0. The third-order valence-corrected chi connectivity index (χ3v) is 3.61. The Morgan fingerprint density at radius 3 is 1.58 bits per heavy atom. The van der Waals surface area contributed by atoms with Gasteiger partial charge >= 0.3 is 0 Å². The van der Waals surface area contributed by atoms with Crippen LogP contribution in [-0.4, -0.2) is 0 Å². The van der Waals surface area contributed by atoms with Gasteiger partial charge in [0.1, 0.15) is 0 Å². The maximum absolute atomic E-state index is 5.62. The summed E-state index contributed by atoms with van der Waals surface area (Å²) < 4.78 is 0. The van der Waals surface area contributed by atoms with Crippen LogP contribution in [0.2, 0.25) is 25.1 Å². The summed E-state index contributed by atoms with van der Waals surface area (Å²) >= 11 is 28.0. The summed E-state index contributed by atoms with van der Waals surface area (Å²) in [6.07, 6.45) is 0. The molecule has 19 heavy (non-hydrogen) atoms. The summed E-state index contributed by atoms with van der Waals surface area (Å²) in [6.45, 7) is 0. The minimum absolute atomic E-state index is 0.417. The number of nitrogens with two attached hydrogens (primary N) is 2. The van der Waals surface area contributed by atoms with Gasteiger partial charge in [0.25, 0.3) is 0 Å². The average Bonchev–Trinajstić information content (AvgIpc) is 2.33. The van der Waals surface area contributed by atoms with Crippen LogP contribution in [0.15, 0.2) is 30.3 Å². The second kappa shape index (κ2) is 7.32. The molecular weight excluding hydrogens is 349 g/mol. The van der Waals surface area contributed by atoms with Crippen LogP contribution in [0.25, 0.3) is 0 Å². The highest BCUT2D eigenvalue weighted by Crippen LogP contribution is 2.29. The Labute approximate surface area is 136 Å². The first-order valence-corrected chi connectivity index (χ1v) is 6.80. The third kappa shape index (κ3) is 5.17. The Kier molecular flexibility index (Phi) is 6.37. The molecule has 2 aromatic carbocycles. The average molecular weight is 358 g/mol. The topological polar surface area (TPSA) is 52.0 Å². The molecule has 0 spiro atoms. The van der Waals surface area contributed by atoms with E-state index in [1.165, 1.54) is 12.1 Å². The summed E-state index contributed by atoms with van der Waals surface area (Å²) in [5.74, 6) is 0. The number of anilines is 2. The molecular formula is C12H9Cl5N2. The second-order valence-corrected chi connectivity index (χ2v) is 5.52. The number of hydrogen-bond acceptors (Lipinski definition) is 2. The maximum atomic E-state index is 5.62. The van der Waals surface area contributed by atoms with Crippen LogP contribution < -0.4 is 11.5 Å². The van der Waals surface area contributed by atoms with Gasteiger partial charge in [-0.1, -0.05) is 58.0 Å². The molecule has 0 aliphatic heterocycles. The first kappa shape index (κ1) is 16.5. The normalized spacial score (nSPS) is 9.74. The molecule has 102 valence electrons. The third-order valence-electron chi connectivity index (χ3n) is 2.00. The van der Waals surface area contributed by atoms with Crippen LogP contribution in [0.1, 0.15) is 0 Å². The van der Waals surface area contributed by atoms with E-state index in [1.807, 2.05) is 0 Å². The SMILES string of the molecule is Nc1cc(Cl)c(Cl)cc1Cl.Nc1ccc(Cl)cc1Cl. The highest BCUT2D eigenvalue weighted by atomic mass is 35.5. The van der Waals surface area contributed by atoms with Gasteiger partial charge in [-0.2, -0.15) is 0 Å². The van der Waals surface area contributed by atoms with E-state index in [-0.39, 0.29) is 0 Å². The van der Waals surface area contributed by atoms with Gasteiger partial charge in [-0.3, -0.25) is 0 Å². The number of benzene rings is 2. The van der Waals surface area contributed by atoms with Crippen LogP contribution >= 0.6 is 58.0 Å². The van der Waals surface area contributed by atoms with Gasteiger partial charge < -0.3 is 11.5 Å². The van der Waals surface area contributed by atoms with Crippen LogP contribution in [0, 0.1) is 0 Å². The molecule has 0 atom stereocenters.